The molecule has 0 radical (unpaired) electrons. The minimum Gasteiger partial charge on any atom is -0.342 e. The summed E-state index contributed by atoms with van der Waals surface area (Å²) in [5.74, 6) is 1.27. The molecule has 5 rings (SSSR count). The van der Waals surface area contributed by atoms with Gasteiger partial charge in [-0.1, -0.05) is 25.6 Å². The maximum Gasteiger partial charge on any atom is 0.232 e. The summed E-state index contributed by atoms with van der Waals surface area (Å²) in [5.41, 5.74) is 5.23. The van der Waals surface area contributed by atoms with E-state index in [9.17, 15) is 4.79 Å². The zero-order valence-corrected chi connectivity index (χ0v) is 19.4. The van der Waals surface area contributed by atoms with Crippen LogP contribution < -0.4 is 0 Å². The predicted molar refractivity (Wildman–Crippen MR) is 124 cm³/mol. The van der Waals surface area contributed by atoms with Crippen LogP contribution in [0.15, 0.2) is 11.4 Å². The van der Waals surface area contributed by atoms with Gasteiger partial charge in [0.15, 0.2) is 0 Å². The number of hydrogen-bond acceptors (Lipinski definition) is 6. The Morgan fingerprint density at radius 3 is 2.73 bits per heavy atom. The van der Waals surface area contributed by atoms with E-state index in [4.69, 9.17) is 4.98 Å². The third-order valence-corrected chi connectivity index (χ3v) is 8.35. The molecule has 4 heterocycles. The fourth-order valence-electron chi connectivity index (χ4n) is 4.78. The van der Waals surface area contributed by atoms with E-state index in [0.717, 1.165) is 65.3 Å². The second kappa shape index (κ2) is 8.42. The first kappa shape index (κ1) is 20.2. The van der Waals surface area contributed by atoms with Crippen molar-refractivity contribution >= 4 is 49.4 Å². The number of piperidine rings is 1. The van der Waals surface area contributed by atoms with Crippen LogP contribution in [0.2, 0.25) is 0 Å². The third kappa shape index (κ3) is 3.71. The summed E-state index contributed by atoms with van der Waals surface area (Å²) >= 11 is 3.26. The van der Waals surface area contributed by atoms with Gasteiger partial charge in [0.25, 0.3) is 0 Å². The number of thiophene rings is 1. The first-order valence-corrected chi connectivity index (χ1v) is 12.9. The fraction of sp³-hybridized carbons (Fsp3) is 0.565. The standard InChI is InChI=1S/C23H28N4OS2/c1-14(2)11-17-15-7-6-8-16(15)19-20-21(30-22(19)26-17)23(25-13-24-20)29-12-18(28)27-9-4-3-5-10-27/h13-14H,3-12H2,1-2H3. The molecule has 0 bridgehead atoms. The molecule has 1 aliphatic heterocycles. The quantitative estimate of drug-likeness (QED) is 0.411. The number of likely N-dealkylation sites (tertiary alicyclic amines) is 1. The van der Waals surface area contributed by atoms with E-state index in [2.05, 4.69) is 23.8 Å². The van der Waals surface area contributed by atoms with Gasteiger partial charge in [-0.25, -0.2) is 15.0 Å². The van der Waals surface area contributed by atoms with E-state index in [-0.39, 0.29) is 5.91 Å². The first-order chi connectivity index (χ1) is 14.6. The van der Waals surface area contributed by atoms with Crippen LogP contribution in [0.5, 0.6) is 0 Å². The highest BCUT2D eigenvalue weighted by atomic mass is 32.2. The Morgan fingerprint density at radius 2 is 1.93 bits per heavy atom. The van der Waals surface area contributed by atoms with Crippen molar-refractivity contribution in [2.24, 2.45) is 5.92 Å². The van der Waals surface area contributed by atoms with Gasteiger partial charge in [-0.3, -0.25) is 4.79 Å². The molecule has 0 unspecified atom stereocenters. The number of amides is 1. The highest BCUT2D eigenvalue weighted by Gasteiger charge is 2.25. The Morgan fingerprint density at radius 1 is 1.13 bits per heavy atom. The molecule has 3 aromatic heterocycles. The molecule has 0 spiro atoms. The minimum absolute atomic E-state index is 0.228. The summed E-state index contributed by atoms with van der Waals surface area (Å²) in [7, 11) is 0. The van der Waals surface area contributed by atoms with Crippen molar-refractivity contribution in [3.63, 3.8) is 0 Å². The van der Waals surface area contributed by atoms with E-state index < -0.39 is 0 Å². The summed E-state index contributed by atoms with van der Waals surface area (Å²) < 4.78 is 1.09. The molecule has 158 valence electrons. The van der Waals surface area contributed by atoms with Crippen LogP contribution in [-0.2, 0) is 24.1 Å². The molecule has 0 N–H and O–H groups in total. The highest BCUT2D eigenvalue weighted by Crippen LogP contribution is 2.42. The molecule has 0 atom stereocenters. The van der Waals surface area contributed by atoms with Gasteiger partial charge in [0.1, 0.15) is 16.2 Å². The third-order valence-electron chi connectivity index (χ3n) is 6.17. The van der Waals surface area contributed by atoms with Gasteiger partial charge in [-0.2, -0.15) is 0 Å². The molecular formula is C23H28N4OS2. The van der Waals surface area contributed by atoms with Crippen molar-refractivity contribution in [2.45, 2.75) is 63.8 Å². The molecule has 1 saturated heterocycles. The van der Waals surface area contributed by atoms with Crippen LogP contribution in [0.1, 0.15) is 56.4 Å². The number of hydrogen-bond donors (Lipinski definition) is 0. The van der Waals surface area contributed by atoms with E-state index in [0.29, 0.717) is 11.7 Å². The number of carbonyl (C=O) groups is 1. The summed E-state index contributed by atoms with van der Waals surface area (Å²) in [6.45, 7) is 6.32. The molecule has 0 aromatic carbocycles. The minimum atomic E-state index is 0.228. The molecule has 30 heavy (non-hydrogen) atoms. The average molecular weight is 441 g/mol. The van der Waals surface area contributed by atoms with Crippen molar-refractivity contribution in [1.82, 2.24) is 19.9 Å². The summed E-state index contributed by atoms with van der Waals surface area (Å²) in [4.78, 5) is 30.0. The highest BCUT2D eigenvalue weighted by molar-refractivity contribution is 8.00. The van der Waals surface area contributed by atoms with E-state index in [1.165, 1.54) is 35.0 Å². The van der Waals surface area contributed by atoms with Crippen molar-refractivity contribution in [1.29, 1.82) is 0 Å². The Hall–Kier alpha value is -1.73. The second-order valence-corrected chi connectivity index (χ2v) is 10.8. The smallest absolute Gasteiger partial charge is 0.232 e. The zero-order chi connectivity index (χ0) is 20.7. The number of aryl methyl sites for hydroxylation is 1. The van der Waals surface area contributed by atoms with Crippen LogP contribution in [0.25, 0.3) is 20.4 Å². The normalized spacial score (nSPS) is 16.7. The van der Waals surface area contributed by atoms with Gasteiger partial charge in [0.05, 0.1) is 16.0 Å². The largest absolute Gasteiger partial charge is 0.342 e. The maximum absolute atomic E-state index is 12.6. The Bertz CT molecular complexity index is 1100. The molecule has 7 heteroatoms. The van der Waals surface area contributed by atoms with Crippen LogP contribution in [0.4, 0.5) is 0 Å². The zero-order valence-electron chi connectivity index (χ0n) is 17.7. The van der Waals surface area contributed by atoms with Gasteiger partial charge >= 0.3 is 0 Å². The molecule has 5 nitrogen and oxygen atoms in total. The molecule has 1 fully saturated rings. The molecule has 0 saturated carbocycles. The SMILES string of the molecule is CC(C)Cc1nc2sc3c(SCC(=O)N4CCCCC4)ncnc3c2c2c1CCC2. The molecule has 1 aliphatic carbocycles. The number of carbonyl (C=O) groups excluding carboxylic acids is 1. The van der Waals surface area contributed by atoms with Crippen LogP contribution in [0.3, 0.4) is 0 Å². The average Bonchev–Trinajstić information content (AvgIpc) is 3.37. The van der Waals surface area contributed by atoms with Crippen molar-refractivity contribution in [2.75, 3.05) is 18.8 Å². The molecule has 2 aliphatic rings. The van der Waals surface area contributed by atoms with Gasteiger partial charge in [-0.05, 0) is 62.0 Å². The number of aromatic nitrogens is 3. The van der Waals surface area contributed by atoms with Gasteiger partial charge in [0, 0.05) is 24.2 Å². The Kier molecular flexibility index (Phi) is 5.67. The number of nitrogens with zero attached hydrogens (tertiary/aromatic N) is 4. The number of thioether (sulfide) groups is 1. The summed E-state index contributed by atoms with van der Waals surface area (Å²) in [6, 6.07) is 0. The Balaban J connectivity index is 1.50. The predicted octanol–water partition coefficient (Wildman–Crippen LogP) is 5.03. The topological polar surface area (TPSA) is 59.0 Å². The lowest BCUT2D eigenvalue weighted by Gasteiger charge is -2.26. The number of fused-ring (bicyclic) bond motifs is 5. The second-order valence-electron chi connectivity index (χ2n) is 8.84. The molecular weight excluding hydrogens is 412 g/mol. The number of pyridine rings is 1. The lowest BCUT2D eigenvalue weighted by atomic mass is 9.99. The molecule has 1 amide bonds. The van der Waals surface area contributed by atoms with Crippen molar-refractivity contribution in [3.8, 4) is 0 Å². The van der Waals surface area contributed by atoms with Crippen molar-refractivity contribution in [3.05, 3.63) is 23.1 Å². The van der Waals surface area contributed by atoms with Crippen LogP contribution >= 0.6 is 23.1 Å². The van der Waals surface area contributed by atoms with E-state index in [1.54, 1.807) is 29.4 Å². The van der Waals surface area contributed by atoms with E-state index in [1.807, 2.05) is 4.90 Å². The van der Waals surface area contributed by atoms with Gasteiger partial charge in [0.2, 0.25) is 5.91 Å². The van der Waals surface area contributed by atoms with Crippen LogP contribution in [-0.4, -0.2) is 44.6 Å². The maximum atomic E-state index is 12.6. The Labute approximate surface area is 185 Å². The van der Waals surface area contributed by atoms with Gasteiger partial charge < -0.3 is 4.90 Å². The number of rotatable bonds is 5. The summed E-state index contributed by atoms with van der Waals surface area (Å²) in [6.07, 6.45) is 9.63. The lowest BCUT2D eigenvalue weighted by molar-refractivity contribution is -0.129. The molecule has 3 aromatic rings. The monoisotopic (exact) mass is 440 g/mol. The van der Waals surface area contributed by atoms with Gasteiger partial charge in [-0.15, -0.1) is 11.3 Å². The fourth-order valence-corrected chi connectivity index (χ4v) is 6.94. The summed E-state index contributed by atoms with van der Waals surface area (Å²) in [5, 5.41) is 2.16. The van der Waals surface area contributed by atoms with Crippen LogP contribution in [0, 0.1) is 5.92 Å². The lowest BCUT2D eigenvalue weighted by Crippen LogP contribution is -2.36. The first-order valence-electron chi connectivity index (χ1n) is 11.1. The van der Waals surface area contributed by atoms with E-state index >= 15 is 0 Å². The van der Waals surface area contributed by atoms with Crippen molar-refractivity contribution < 1.29 is 4.79 Å².